The summed E-state index contributed by atoms with van der Waals surface area (Å²) < 4.78 is 0. The van der Waals surface area contributed by atoms with Crippen LogP contribution in [0.2, 0.25) is 0 Å². The number of aliphatic hydroxyl groups excluding tert-OH is 2. The number of hydrogen-bond donors (Lipinski definition) is 2. The van der Waals surface area contributed by atoms with E-state index < -0.39 is 0 Å². The molecule has 0 fully saturated rings. The number of aliphatic hydroxyl groups is 2. The summed E-state index contributed by atoms with van der Waals surface area (Å²) in [5.74, 6) is 0.349. The Hall–Kier alpha value is -2.94. The van der Waals surface area contributed by atoms with E-state index in [0.717, 1.165) is 19.3 Å². The first-order chi connectivity index (χ1) is 19.6. The first-order valence-corrected chi connectivity index (χ1v) is 15.4. The molecular formula is C40H56O2. The Labute approximate surface area is 257 Å². The molecule has 3 unspecified atom stereocenters. The van der Waals surface area contributed by atoms with E-state index in [9.17, 15) is 10.2 Å². The summed E-state index contributed by atoms with van der Waals surface area (Å²) in [7, 11) is 0. The molecular weight excluding hydrogens is 512 g/mol. The summed E-state index contributed by atoms with van der Waals surface area (Å²) in [5, 5.41) is 20.2. The van der Waals surface area contributed by atoms with Gasteiger partial charge in [0.1, 0.15) is 0 Å². The monoisotopic (exact) mass is 568 g/mol. The lowest BCUT2D eigenvalue weighted by atomic mass is 9.68. The fraction of sp³-hybridized carbons (Fsp3) is 0.450. The lowest BCUT2D eigenvalue weighted by molar-refractivity contribution is 0.116. The summed E-state index contributed by atoms with van der Waals surface area (Å²) >= 11 is 0. The molecule has 2 nitrogen and oxygen atoms in total. The first kappa shape index (κ1) is 35.3. The van der Waals surface area contributed by atoms with Crippen molar-refractivity contribution in [3.05, 3.63) is 130 Å². The highest BCUT2D eigenvalue weighted by Crippen LogP contribution is 2.42. The molecule has 42 heavy (non-hydrogen) atoms. The SMILES string of the molecule is CC(C=CC=C(C)C=CC1=C(C)CC(O)CC1(C)C)=CC=CC=C(C)C=CC(C)=CC=CC1C(C)=CC(O)CC1(C)C. The summed E-state index contributed by atoms with van der Waals surface area (Å²) in [5.41, 5.74) is 8.73. The van der Waals surface area contributed by atoms with Crippen molar-refractivity contribution in [3.63, 3.8) is 0 Å². The maximum atomic E-state index is 10.1. The highest BCUT2D eigenvalue weighted by atomic mass is 16.3. The van der Waals surface area contributed by atoms with Crippen molar-refractivity contribution in [1.82, 2.24) is 0 Å². The molecule has 0 aromatic rings. The zero-order valence-corrected chi connectivity index (χ0v) is 27.9. The van der Waals surface area contributed by atoms with Crippen LogP contribution in [0.25, 0.3) is 0 Å². The van der Waals surface area contributed by atoms with Crippen molar-refractivity contribution in [2.24, 2.45) is 16.7 Å². The van der Waals surface area contributed by atoms with E-state index in [0.29, 0.717) is 5.92 Å². The fourth-order valence-electron chi connectivity index (χ4n) is 6.13. The molecule has 0 heterocycles. The molecule has 2 aliphatic carbocycles. The number of rotatable bonds is 10. The van der Waals surface area contributed by atoms with Crippen LogP contribution in [-0.4, -0.2) is 22.4 Å². The summed E-state index contributed by atoms with van der Waals surface area (Å²) in [6, 6.07) is 0. The Morgan fingerprint density at radius 3 is 1.81 bits per heavy atom. The Kier molecular flexibility index (Phi) is 13.5. The Bertz CT molecular complexity index is 1270. The zero-order chi connectivity index (χ0) is 31.5. The van der Waals surface area contributed by atoms with Crippen LogP contribution in [0.1, 0.15) is 88.5 Å². The van der Waals surface area contributed by atoms with Crippen molar-refractivity contribution in [2.75, 3.05) is 0 Å². The van der Waals surface area contributed by atoms with Crippen molar-refractivity contribution in [3.8, 4) is 0 Å². The molecule has 2 heteroatoms. The van der Waals surface area contributed by atoms with Crippen LogP contribution in [0.5, 0.6) is 0 Å². The summed E-state index contributed by atoms with van der Waals surface area (Å²) in [6.07, 6.45) is 33.8. The minimum Gasteiger partial charge on any atom is -0.393 e. The molecule has 0 aliphatic heterocycles. The molecule has 0 radical (unpaired) electrons. The molecule has 2 rings (SSSR count). The standard InChI is InChI=1S/C40H56O2/c1-29(17-13-18-32(4)23-24-38-34(6)26-36(42)28-40(38,9)10)15-11-12-16-30(2)21-22-31(3)19-14-20-37-33(5)25-35(41)27-39(37,7)8/h11-25,35-37,41-42H,26-28H2,1-10H3. The van der Waals surface area contributed by atoms with Gasteiger partial charge in [-0.2, -0.15) is 0 Å². The van der Waals surface area contributed by atoms with Crippen molar-refractivity contribution in [2.45, 2.75) is 101 Å². The second-order valence-corrected chi connectivity index (χ2v) is 13.7. The number of allylic oxidation sites excluding steroid dienone is 20. The van der Waals surface area contributed by atoms with Gasteiger partial charge in [-0.05, 0) is 77.2 Å². The third-order valence-corrected chi connectivity index (χ3v) is 8.33. The van der Waals surface area contributed by atoms with Gasteiger partial charge in [0.15, 0.2) is 0 Å². The van der Waals surface area contributed by atoms with Gasteiger partial charge in [0.05, 0.1) is 12.2 Å². The quantitative estimate of drug-likeness (QED) is 0.203. The van der Waals surface area contributed by atoms with Gasteiger partial charge in [0.25, 0.3) is 0 Å². The zero-order valence-electron chi connectivity index (χ0n) is 27.9. The summed E-state index contributed by atoms with van der Waals surface area (Å²) in [4.78, 5) is 0. The topological polar surface area (TPSA) is 40.5 Å². The highest BCUT2D eigenvalue weighted by Gasteiger charge is 2.34. The van der Waals surface area contributed by atoms with Crippen LogP contribution in [0.15, 0.2) is 130 Å². The third kappa shape index (κ3) is 11.7. The van der Waals surface area contributed by atoms with Gasteiger partial charge in [-0.25, -0.2) is 0 Å². The van der Waals surface area contributed by atoms with E-state index in [1.54, 1.807) is 0 Å². The van der Waals surface area contributed by atoms with Gasteiger partial charge in [0, 0.05) is 5.92 Å². The van der Waals surface area contributed by atoms with Gasteiger partial charge in [0.2, 0.25) is 0 Å². The Morgan fingerprint density at radius 1 is 0.714 bits per heavy atom. The average Bonchev–Trinajstić information content (AvgIpc) is 2.85. The van der Waals surface area contributed by atoms with Gasteiger partial charge >= 0.3 is 0 Å². The third-order valence-electron chi connectivity index (χ3n) is 8.33. The van der Waals surface area contributed by atoms with Crippen LogP contribution >= 0.6 is 0 Å². The van der Waals surface area contributed by atoms with Crippen LogP contribution in [-0.2, 0) is 0 Å². The lowest BCUT2D eigenvalue weighted by Gasteiger charge is -2.38. The van der Waals surface area contributed by atoms with Crippen LogP contribution < -0.4 is 0 Å². The van der Waals surface area contributed by atoms with E-state index in [1.165, 1.54) is 39.0 Å². The molecule has 228 valence electrons. The van der Waals surface area contributed by atoms with E-state index >= 15 is 0 Å². The molecule has 0 amide bonds. The van der Waals surface area contributed by atoms with Crippen LogP contribution in [0.3, 0.4) is 0 Å². The van der Waals surface area contributed by atoms with Crippen molar-refractivity contribution >= 4 is 0 Å². The maximum absolute atomic E-state index is 10.1. The molecule has 0 aromatic carbocycles. The van der Waals surface area contributed by atoms with Crippen LogP contribution in [0, 0.1) is 16.7 Å². The minimum absolute atomic E-state index is 0.00516. The smallest absolute Gasteiger partial charge is 0.0729 e. The van der Waals surface area contributed by atoms with Gasteiger partial charge in [-0.15, -0.1) is 0 Å². The van der Waals surface area contributed by atoms with E-state index in [1.807, 2.05) is 6.08 Å². The normalized spacial score (nSPS) is 26.6. The predicted molar refractivity (Wildman–Crippen MR) is 184 cm³/mol. The largest absolute Gasteiger partial charge is 0.393 e. The Balaban J connectivity index is 1.90. The maximum Gasteiger partial charge on any atom is 0.0729 e. The number of hydrogen-bond acceptors (Lipinski definition) is 2. The van der Waals surface area contributed by atoms with E-state index in [2.05, 4.69) is 154 Å². The Morgan fingerprint density at radius 2 is 1.24 bits per heavy atom. The fourth-order valence-corrected chi connectivity index (χ4v) is 6.13. The lowest BCUT2D eigenvalue weighted by Crippen LogP contribution is -2.32. The van der Waals surface area contributed by atoms with Crippen LogP contribution in [0.4, 0.5) is 0 Å². The molecule has 3 atom stereocenters. The molecule has 0 saturated carbocycles. The van der Waals surface area contributed by atoms with Gasteiger partial charge in [-0.1, -0.05) is 152 Å². The predicted octanol–water partition coefficient (Wildman–Crippen LogP) is 10.4. The molecule has 2 aliphatic rings. The minimum atomic E-state index is -0.330. The summed E-state index contributed by atoms with van der Waals surface area (Å²) in [6.45, 7) is 21.6. The van der Waals surface area contributed by atoms with Gasteiger partial charge in [-0.3, -0.25) is 0 Å². The first-order valence-electron chi connectivity index (χ1n) is 15.4. The second kappa shape index (κ2) is 16.1. The molecule has 0 aromatic heterocycles. The highest BCUT2D eigenvalue weighted by molar-refractivity contribution is 5.38. The molecule has 0 spiro atoms. The van der Waals surface area contributed by atoms with E-state index in [-0.39, 0.29) is 23.0 Å². The van der Waals surface area contributed by atoms with Crippen molar-refractivity contribution in [1.29, 1.82) is 0 Å². The van der Waals surface area contributed by atoms with E-state index in [4.69, 9.17) is 0 Å². The van der Waals surface area contributed by atoms with Crippen molar-refractivity contribution < 1.29 is 10.2 Å². The average molecular weight is 569 g/mol. The molecule has 0 saturated heterocycles. The molecule has 2 N–H and O–H groups in total. The van der Waals surface area contributed by atoms with Gasteiger partial charge < -0.3 is 10.2 Å². The second-order valence-electron chi connectivity index (χ2n) is 13.7. The molecule has 0 bridgehead atoms.